The first-order valence-electron chi connectivity index (χ1n) is 7.26. The van der Waals surface area contributed by atoms with Gasteiger partial charge in [-0.25, -0.2) is 4.68 Å². The van der Waals surface area contributed by atoms with Crippen molar-refractivity contribution in [1.82, 2.24) is 9.78 Å². The van der Waals surface area contributed by atoms with Gasteiger partial charge in [-0.15, -0.1) is 0 Å². The van der Waals surface area contributed by atoms with Gasteiger partial charge in [0.1, 0.15) is 11.6 Å². The third-order valence-electron chi connectivity index (χ3n) is 3.60. The molecule has 0 aliphatic rings. The van der Waals surface area contributed by atoms with Crippen molar-refractivity contribution in [3.63, 3.8) is 0 Å². The first kappa shape index (κ1) is 14.8. The third-order valence-corrected chi connectivity index (χ3v) is 3.60. The highest BCUT2D eigenvalue weighted by Gasteiger charge is 2.21. The fourth-order valence-corrected chi connectivity index (χ4v) is 2.42. The molecule has 1 N–H and O–H groups in total. The predicted octanol–water partition coefficient (Wildman–Crippen LogP) is 3.16. The molecule has 0 saturated carbocycles. The van der Waals surface area contributed by atoms with Gasteiger partial charge < -0.3 is 5.11 Å². The van der Waals surface area contributed by atoms with Crippen LogP contribution in [0.4, 0.5) is 5.82 Å². The quantitative estimate of drug-likeness (QED) is 0.808. The van der Waals surface area contributed by atoms with Gasteiger partial charge in [0.05, 0.1) is 16.9 Å². The maximum Gasteiger partial charge on any atom is 0.262 e. The third kappa shape index (κ3) is 2.81. The molecule has 3 rings (SSSR count). The van der Waals surface area contributed by atoms with Gasteiger partial charge in [0.25, 0.3) is 5.91 Å². The largest absolute Gasteiger partial charge is 0.507 e. The molecule has 1 amide bonds. The SMILES string of the molecule is Cc1cc(N(C)C(=O)c2ccccc2O)n(-c2ccccc2)n1. The van der Waals surface area contributed by atoms with Crippen molar-refractivity contribution in [2.45, 2.75) is 6.92 Å². The molecule has 5 heteroatoms. The Hall–Kier alpha value is -3.08. The number of hydrogen-bond donors (Lipinski definition) is 1. The highest BCUT2D eigenvalue weighted by Crippen LogP contribution is 2.24. The molecule has 0 aliphatic carbocycles. The number of phenolic OH excluding ortho intramolecular Hbond substituents is 1. The maximum absolute atomic E-state index is 12.7. The van der Waals surface area contributed by atoms with Gasteiger partial charge in [-0.2, -0.15) is 5.10 Å². The molecular formula is C18H17N3O2. The molecule has 0 aliphatic heterocycles. The number of phenols is 1. The molecule has 3 aromatic rings. The summed E-state index contributed by atoms with van der Waals surface area (Å²) in [4.78, 5) is 14.2. The van der Waals surface area contributed by atoms with E-state index >= 15 is 0 Å². The first-order chi connectivity index (χ1) is 11.1. The number of carbonyl (C=O) groups excluding carboxylic acids is 1. The van der Waals surface area contributed by atoms with Gasteiger partial charge >= 0.3 is 0 Å². The number of rotatable bonds is 3. The van der Waals surface area contributed by atoms with Crippen molar-refractivity contribution in [1.29, 1.82) is 0 Å². The molecule has 1 aromatic heterocycles. The topological polar surface area (TPSA) is 58.4 Å². The Labute approximate surface area is 134 Å². The highest BCUT2D eigenvalue weighted by atomic mass is 16.3. The van der Waals surface area contributed by atoms with Crippen LogP contribution in [0.25, 0.3) is 5.69 Å². The molecule has 1 heterocycles. The number of aromatic hydroxyl groups is 1. The van der Waals surface area contributed by atoms with Crippen LogP contribution in [-0.4, -0.2) is 27.8 Å². The number of anilines is 1. The second-order valence-electron chi connectivity index (χ2n) is 5.27. The van der Waals surface area contributed by atoms with Crippen LogP contribution >= 0.6 is 0 Å². The average Bonchev–Trinajstić information content (AvgIpc) is 2.96. The highest BCUT2D eigenvalue weighted by molar-refractivity contribution is 6.07. The van der Waals surface area contributed by atoms with E-state index in [4.69, 9.17) is 0 Å². The Morgan fingerprint density at radius 3 is 2.43 bits per heavy atom. The Kier molecular flexibility index (Phi) is 3.85. The molecule has 0 spiro atoms. The molecule has 0 atom stereocenters. The first-order valence-corrected chi connectivity index (χ1v) is 7.26. The Morgan fingerprint density at radius 2 is 1.74 bits per heavy atom. The second kappa shape index (κ2) is 5.96. The van der Waals surface area contributed by atoms with E-state index in [1.54, 1.807) is 29.9 Å². The normalized spacial score (nSPS) is 10.5. The summed E-state index contributed by atoms with van der Waals surface area (Å²) < 4.78 is 1.72. The minimum Gasteiger partial charge on any atom is -0.507 e. The lowest BCUT2D eigenvalue weighted by molar-refractivity contribution is 0.0989. The fraction of sp³-hybridized carbons (Fsp3) is 0.111. The van der Waals surface area contributed by atoms with Crippen molar-refractivity contribution < 1.29 is 9.90 Å². The summed E-state index contributed by atoms with van der Waals surface area (Å²) in [6.07, 6.45) is 0. The van der Waals surface area contributed by atoms with E-state index in [-0.39, 0.29) is 17.2 Å². The van der Waals surface area contributed by atoms with E-state index in [1.165, 1.54) is 11.0 Å². The predicted molar refractivity (Wildman–Crippen MR) is 89.1 cm³/mol. The van der Waals surface area contributed by atoms with Crippen molar-refractivity contribution in [3.8, 4) is 11.4 Å². The van der Waals surface area contributed by atoms with Gasteiger partial charge in [0.15, 0.2) is 0 Å². The van der Waals surface area contributed by atoms with Crippen LogP contribution in [0.2, 0.25) is 0 Å². The number of aryl methyl sites for hydroxylation is 1. The van der Waals surface area contributed by atoms with Crippen LogP contribution in [0.3, 0.4) is 0 Å². The van der Waals surface area contributed by atoms with E-state index in [2.05, 4.69) is 5.10 Å². The maximum atomic E-state index is 12.7. The molecule has 5 nitrogen and oxygen atoms in total. The van der Waals surface area contributed by atoms with Crippen molar-refractivity contribution in [2.75, 3.05) is 11.9 Å². The number of benzene rings is 2. The lowest BCUT2D eigenvalue weighted by Gasteiger charge is -2.19. The molecule has 0 radical (unpaired) electrons. The van der Waals surface area contributed by atoms with Gasteiger partial charge in [0.2, 0.25) is 0 Å². The zero-order chi connectivity index (χ0) is 16.4. The van der Waals surface area contributed by atoms with E-state index in [1.807, 2.05) is 43.3 Å². The molecule has 0 unspecified atom stereocenters. The van der Waals surface area contributed by atoms with E-state index in [0.717, 1.165) is 11.4 Å². The minimum absolute atomic E-state index is 0.0353. The van der Waals surface area contributed by atoms with E-state index in [0.29, 0.717) is 5.82 Å². The fourth-order valence-electron chi connectivity index (χ4n) is 2.42. The number of para-hydroxylation sites is 2. The van der Waals surface area contributed by atoms with Gasteiger partial charge in [-0.1, -0.05) is 30.3 Å². The average molecular weight is 307 g/mol. The summed E-state index contributed by atoms with van der Waals surface area (Å²) in [5.41, 5.74) is 1.93. The number of amides is 1. The lowest BCUT2D eigenvalue weighted by Crippen LogP contribution is -2.28. The van der Waals surface area contributed by atoms with Gasteiger partial charge in [0, 0.05) is 13.1 Å². The van der Waals surface area contributed by atoms with Crippen LogP contribution in [0.15, 0.2) is 60.7 Å². The van der Waals surface area contributed by atoms with Crippen molar-refractivity contribution in [3.05, 3.63) is 71.9 Å². The number of hydrogen-bond acceptors (Lipinski definition) is 3. The Balaban J connectivity index is 2.02. The summed E-state index contributed by atoms with van der Waals surface area (Å²) in [5.74, 6) is 0.314. The number of aromatic nitrogens is 2. The molecule has 0 fully saturated rings. The van der Waals surface area contributed by atoms with E-state index in [9.17, 15) is 9.90 Å². The summed E-state index contributed by atoms with van der Waals surface area (Å²) in [6, 6.07) is 18.0. The number of nitrogens with zero attached hydrogens (tertiary/aromatic N) is 3. The van der Waals surface area contributed by atoms with Crippen molar-refractivity contribution >= 4 is 11.7 Å². The lowest BCUT2D eigenvalue weighted by atomic mass is 10.2. The molecule has 0 saturated heterocycles. The molecule has 0 bridgehead atoms. The molecule has 116 valence electrons. The van der Waals surface area contributed by atoms with E-state index < -0.39 is 0 Å². The van der Waals surface area contributed by atoms with Crippen molar-refractivity contribution in [2.24, 2.45) is 0 Å². The number of carbonyl (C=O) groups is 1. The zero-order valence-electron chi connectivity index (χ0n) is 13.0. The van der Waals surface area contributed by atoms with Gasteiger partial charge in [-0.05, 0) is 31.2 Å². The summed E-state index contributed by atoms with van der Waals surface area (Å²) >= 11 is 0. The Bertz CT molecular complexity index is 840. The van der Waals surface area contributed by atoms with Crippen LogP contribution in [-0.2, 0) is 0 Å². The summed E-state index contributed by atoms with van der Waals surface area (Å²) in [6.45, 7) is 1.88. The summed E-state index contributed by atoms with van der Waals surface area (Å²) in [7, 11) is 1.67. The second-order valence-corrected chi connectivity index (χ2v) is 5.27. The molecule has 2 aromatic carbocycles. The standard InChI is InChI=1S/C18H17N3O2/c1-13-12-17(21(19-13)14-8-4-3-5-9-14)20(2)18(23)15-10-6-7-11-16(15)22/h3-12,22H,1-2H3. The Morgan fingerprint density at radius 1 is 1.09 bits per heavy atom. The molecular weight excluding hydrogens is 290 g/mol. The minimum atomic E-state index is -0.291. The smallest absolute Gasteiger partial charge is 0.262 e. The zero-order valence-corrected chi connectivity index (χ0v) is 13.0. The van der Waals surface area contributed by atoms with Crippen LogP contribution in [0.5, 0.6) is 5.75 Å². The van der Waals surface area contributed by atoms with Crippen LogP contribution in [0.1, 0.15) is 16.1 Å². The summed E-state index contributed by atoms with van der Waals surface area (Å²) in [5, 5.41) is 14.4. The van der Waals surface area contributed by atoms with Crippen LogP contribution in [0, 0.1) is 6.92 Å². The monoisotopic (exact) mass is 307 g/mol. The van der Waals surface area contributed by atoms with Gasteiger partial charge in [-0.3, -0.25) is 9.69 Å². The van der Waals surface area contributed by atoms with Crippen LogP contribution < -0.4 is 4.90 Å². The molecule has 23 heavy (non-hydrogen) atoms.